The van der Waals surface area contributed by atoms with Gasteiger partial charge < -0.3 is 9.47 Å². The second-order valence-corrected chi connectivity index (χ2v) is 4.98. The van der Waals surface area contributed by atoms with Crippen molar-refractivity contribution < 1.29 is 14.3 Å². The van der Waals surface area contributed by atoms with E-state index in [9.17, 15) is 4.79 Å². The van der Waals surface area contributed by atoms with E-state index in [1.54, 1.807) is 6.07 Å². The molecule has 2 aromatic rings. The third-order valence-electron chi connectivity index (χ3n) is 3.45. The summed E-state index contributed by atoms with van der Waals surface area (Å²) in [5.41, 5.74) is 3.32. The van der Waals surface area contributed by atoms with Gasteiger partial charge in [0.25, 0.3) is 0 Å². The van der Waals surface area contributed by atoms with Crippen LogP contribution in [0.1, 0.15) is 27.0 Å². The average molecular weight is 268 g/mol. The largest absolute Gasteiger partial charge is 0.486 e. The average Bonchev–Trinajstić information content (AvgIpc) is 2.48. The highest BCUT2D eigenvalue weighted by molar-refractivity contribution is 6.12. The molecule has 20 heavy (non-hydrogen) atoms. The minimum absolute atomic E-state index is 0.0199. The fraction of sp³-hybridized carbons (Fsp3) is 0.235. The van der Waals surface area contributed by atoms with Gasteiger partial charge in [-0.15, -0.1) is 0 Å². The van der Waals surface area contributed by atoms with Crippen molar-refractivity contribution in [3.05, 3.63) is 58.7 Å². The monoisotopic (exact) mass is 268 g/mol. The van der Waals surface area contributed by atoms with Crippen molar-refractivity contribution in [2.75, 3.05) is 13.2 Å². The van der Waals surface area contributed by atoms with Gasteiger partial charge in [-0.05, 0) is 37.6 Å². The lowest BCUT2D eigenvalue weighted by molar-refractivity contribution is 0.102. The Bertz CT molecular complexity index is 674. The van der Waals surface area contributed by atoms with Gasteiger partial charge in [0.05, 0.1) is 5.56 Å². The molecule has 0 saturated carbocycles. The molecule has 1 heterocycles. The topological polar surface area (TPSA) is 35.5 Å². The molecule has 0 saturated heterocycles. The molecule has 3 nitrogen and oxygen atoms in total. The van der Waals surface area contributed by atoms with Crippen LogP contribution in [-0.2, 0) is 0 Å². The molecule has 0 fully saturated rings. The highest BCUT2D eigenvalue weighted by atomic mass is 16.6. The number of aryl methyl sites for hydroxylation is 2. The normalized spacial score (nSPS) is 13.1. The predicted octanol–water partition coefficient (Wildman–Crippen LogP) is 3.31. The van der Waals surface area contributed by atoms with E-state index in [4.69, 9.17) is 9.47 Å². The van der Waals surface area contributed by atoms with Crippen LogP contribution in [0, 0.1) is 13.8 Å². The summed E-state index contributed by atoms with van der Waals surface area (Å²) in [6.07, 6.45) is 0. The summed E-state index contributed by atoms with van der Waals surface area (Å²) in [5, 5.41) is 0. The van der Waals surface area contributed by atoms with E-state index < -0.39 is 0 Å². The Hall–Kier alpha value is -2.29. The molecule has 1 aliphatic rings. The number of ether oxygens (including phenoxy) is 2. The summed E-state index contributed by atoms with van der Waals surface area (Å²) >= 11 is 0. The summed E-state index contributed by atoms with van der Waals surface area (Å²) in [5.74, 6) is 1.19. The summed E-state index contributed by atoms with van der Waals surface area (Å²) < 4.78 is 11.1. The van der Waals surface area contributed by atoms with Gasteiger partial charge in [-0.1, -0.05) is 23.8 Å². The van der Waals surface area contributed by atoms with Gasteiger partial charge in [-0.2, -0.15) is 0 Å². The fourth-order valence-electron chi connectivity index (χ4n) is 2.38. The van der Waals surface area contributed by atoms with E-state index >= 15 is 0 Å². The van der Waals surface area contributed by atoms with E-state index in [1.807, 2.05) is 44.2 Å². The molecule has 0 unspecified atom stereocenters. The molecule has 1 aliphatic heterocycles. The second kappa shape index (κ2) is 5.00. The van der Waals surface area contributed by atoms with Crippen molar-refractivity contribution >= 4 is 5.78 Å². The fourth-order valence-corrected chi connectivity index (χ4v) is 2.38. The molecule has 102 valence electrons. The van der Waals surface area contributed by atoms with Gasteiger partial charge >= 0.3 is 0 Å². The first-order valence-corrected chi connectivity index (χ1v) is 6.67. The highest BCUT2D eigenvalue weighted by Gasteiger charge is 2.22. The van der Waals surface area contributed by atoms with E-state index in [-0.39, 0.29) is 5.78 Å². The number of hydrogen-bond acceptors (Lipinski definition) is 3. The minimum Gasteiger partial charge on any atom is -0.486 e. The first-order chi connectivity index (χ1) is 9.66. The maximum Gasteiger partial charge on any atom is 0.197 e. The SMILES string of the molecule is Cc1ccc(C)c(C(=O)c2cccc3c2OCCO3)c1. The van der Waals surface area contributed by atoms with Crippen LogP contribution < -0.4 is 9.47 Å². The molecule has 0 aliphatic carbocycles. The Balaban J connectivity index is 2.09. The predicted molar refractivity (Wildman–Crippen MR) is 76.8 cm³/mol. The zero-order valence-corrected chi connectivity index (χ0v) is 11.6. The van der Waals surface area contributed by atoms with E-state index in [0.717, 1.165) is 11.1 Å². The highest BCUT2D eigenvalue weighted by Crippen LogP contribution is 2.35. The quantitative estimate of drug-likeness (QED) is 0.784. The summed E-state index contributed by atoms with van der Waals surface area (Å²) in [6.45, 7) is 4.92. The molecule has 0 spiro atoms. The van der Waals surface area contributed by atoms with Crippen LogP contribution in [0.3, 0.4) is 0 Å². The molecule has 0 amide bonds. The molecule has 3 rings (SSSR count). The third-order valence-corrected chi connectivity index (χ3v) is 3.45. The maximum atomic E-state index is 12.8. The van der Waals surface area contributed by atoms with Crippen LogP contribution >= 0.6 is 0 Å². The number of rotatable bonds is 2. The summed E-state index contributed by atoms with van der Waals surface area (Å²) in [6, 6.07) is 11.3. The van der Waals surface area contributed by atoms with Crippen LogP contribution in [0.2, 0.25) is 0 Å². The number of carbonyl (C=O) groups is 1. The lowest BCUT2D eigenvalue weighted by Gasteiger charge is -2.20. The van der Waals surface area contributed by atoms with Crippen molar-refractivity contribution in [1.82, 2.24) is 0 Å². The number of fused-ring (bicyclic) bond motifs is 1. The Labute approximate surface area is 118 Å². The molecule has 3 heteroatoms. The second-order valence-electron chi connectivity index (χ2n) is 4.98. The number of ketones is 1. The minimum atomic E-state index is -0.0199. The molecule has 0 bridgehead atoms. The Morgan fingerprint density at radius 2 is 1.80 bits per heavy atom. The van der Waals surface area contributed by atoms with Crippen LogP contribution in [0.25, 0.3) is 0 Å². The zero-order chi connectivity index (χ0) is 14.1. The first-order valence-electron chi connectivity index (χ1n) is 6.67. The molecule has 0 N–H and O–H groups in total. The molecular weight excluding hydrogens is 252 g/mol. The van der Waals surface area contributed by atoms with Gasteiger partial charge in [0, 0.05) is 5.56 Å². The summed E-state index contributed by atoms with van der Waals surface area (Å²) in [4.78, 5) is 12.8. The zero-order valence-electron chi connectivity index (χ0n) is 11.6. The Morgan fingerprint density at radius 1 is 1.00 bits per heavy atom. The number of benzene rings is 2. The van der Waals surface area contributed by atoms with Gasteiger partial charge in [0.2, 0.25) is 0 Å². The van der Waals surface area contributed by atoms with Crippen molar-refractivity contribution in [3.63, 3.8) is 0 Å². The number of carbonyl (C=O) groups excluding carboxylic acids is 1. The van der Waals surface area contributed by atoms with Crippen molar-refractivity contribution in [1.29, 1.82) is 0 Å². The van der Waals surface area contributed by atoms with Crippen LogP contribution in [0.5, 0.6) is 11.5 Å². The summed E-state index contributed by atoms with van der Waals surface area (Å²) in [7, 11) is 0. The van der Waals surface area contributed by atoms with Crippen molar-refractivity contribution in [3.8, 4) is 11.5 Å². The van der Waals surface area contributed by atoms with Crippen molar-refractivity contribution in [2.45, 2.75) is 13.8 Å². The molecule has 0 atom stereocenters. The van der Waals surface area contributed by atoms with Gasteiger partial charge in [-0.25, -0.2) is 0 Å². The standard InChI is InChI=1S/C17H16O3/c1-11-6-7-12(2)14(10-11)16(18)13-4-3-5-15-17(13)20-9-8-19-15/h3-7,10H,8-9H2,1-2H3. The molecule has 2 aromatic carbocycles. The van der Waals surface area contributed by atoms with Gasteiger partial charge in [0.1, 0.15) is 13.2 Å². The van der Waals surface area contributed by atoms with Crippen molar-refractivity contribution in [2.24, 2.45) is 0 Å². The number of para-hydroxylation sites is 1. The van der Waals surface area contributed by atoms with Gasteiger partial charge in [-0.3, -0.25) is 4.79 Å². The first kappa shape index (κ1) is 12.7. The lowest BCUT2D eigenvalue weighted by Crippen LogP contribution is -2.18. The van der Waals surface area contributed by atoms with Crippen LogP contribution in [0.15, 0.2) is 36.4 Å². The third kappa shape index (κ3) is 2.16. The Kier molecular flexibility index (Phi) is 3.18. The molecular formula is C17H16O3. The van der Waals surface area contributed by atoms with Gasteiger partial charge in [0.15, 0.2) is 17.3 Å². The van der Waals surface area contributed by atoms with Crippen LogP contribution in [-0.4, -0.2) is 19.0 Å². The van der Waals surface area contributed by atoms with E-state index in [2.05, 4.69) is 0 Å². The van der Waals surface area contributed by atoms with E-state index in [0.29, 0.717) is 35.8 Å². The van der Waals surface area contributed by atoms with Crippen LogP contribution in [0.4, 0.5) is 0 Å². The van der Waals surface area contributed by atoms with E-state index in [1.165, 1.54) is 0 Å². The lowest BCUT2D eigenvalue weighted by atomic mass is 9.96. The smallest absolute Gasteiger partial charge is 0.197 e. The maximum absolute atomic E-state index is 12.8. The molecule has 0 radical (unpaired) electrons. The Morgan fingerprint density at radius 3 is 2.65 bits per heavy atom. The molecule has 0 aromatic heterocycles. The number of hydrogen-bond donors (Lipinski definition) is 0.